The second kappa shape index (κ2) is 8.00. The van der Waals surface area contributed by atoms with Crippen LogP contribution < -0.4 is 10.1 Å². The van der Waals surface area contributed by atoms with Crippen molar-refractivity contribution in [3.8, 4) is 5.75 Å². The monoisotopic (exact) mass is 297 g/mol. The minimum Gasteiger partial charge on any atom is -0.490 e. The van der Waals surface area contributed by atoms with Gasteiger partial charge >= 0.3 is 0 Å². The van der Waals surface area contributed by atoms with Crippen LogP contribution in [-0.4, -0.2) is 19.6 Å². The lowest BCUT2D eigenvalue weighted by Gasteiger charge is -2.08. The molecule has 1 amide bonds. The Balaban J connectivity index is 2.02. The van der Waals surface area contributed by atoms with Crippen molar-refractivity contribution in [3.63, 3.8) is 0 Å². The lowest BCUT2D eigenvalue weighted by Crippen LogP contribution is -2.12. The molecule has 2 aromatic rings. The van der Waals surface area contributed by atoms with Gasteiger partial charge in [-0.15, -0.1) is 0 Å². The molecule has 114 valence electrons. The van der Waals surface area contributed by atoms with E-state index in [1.807, 2.05) is 24.3 Å². The van der Waals surface area contributed by atoms with Crippen molar-refractivity contribution in [2.45, 2.75) is 6.61 Å². The third-order valence-electron chi connectivity index (χ3n) is 2.98. The molecule has 22 heavy (non-hydrogen) atoms. The molecule has 0 unspecified atom stereocenters. The van der Waals surface area contributed by atoms with Gasteiger partial charge in [0.05, 0.1) is 6.61 Å². The predicted octanol–water partition coefficient (Wildman–Crippen LogP) is 3.65. The van der Waals surface area contributed by atoms with Crippen molar-refractivity contribution < 1.29 is 14.3 Å². The molecule has 0 aliphatic carbocycles. The Kier molecular flexibility index (Phi) is 5.74. The number of carbonyl (C=O) groups excluding carboxylic acids is 1. The summed E-state index contributed by atoms with van der Waals surface area (Å²) >= 11 is 0. The topological polar surface area (TPSA) is 47.6 Å². The zero-order chi connectivity index (χ0) is 15.8. The SMILES string of the molecule is C=CCOc1ccc(C(=O)Nc2cccc(COC)c2)cc1. The number of hydrogen-bond acceptors (Lipinski definition) is 3. The highest BCUT2D eigenvalue weighted by atomic mass is 16.5. The number of amides is 1. The molecular formula is C18H19NO3. The van der Waals surface area contributed by atoms with Crippen molar-refractivity contribution in [2.75, 3.05) is 19.0 Å². The number of rotatable bonds is 7. The highest BCUT2D eigenvalue weighted by molar-refractivity contribution is 6.04. The average Bonchev–Trinajstić information content (AvgIpc) is 2.54. The van der Waals surface area contributed by atoms with Gasteiger partial charge in [0.25, 0.3) is 5.91 Å². The highest BCUT2D eigenvalue weighted by Crippen LogP contribution is 2.15. The van der Waals surface area contributed by atoms with E-state index in [9.17, 15) is 4.79 Å². The number of ether oxygens (including phenoxy) is 2. The Labute approximate surface area is 130 Å². The molecule has 2 rings (SSSR count). The van der Waals surface area contributed by atoms with Crippen molar-refractivity contribution in [2.24, 2.45) is 0 Å². The summed E-state index contributed by atoms with van der Waals surface area (Å²) in [5.74, 6) is 0.545. The molecule has 0 fully saturated rings. The molecule has 0 saturated heterocycles. The smallest absolute Gasteiger partial charge is 0.255 e. The first-order valence-electron chi connectivity index (χ1n) is 6.96. The number of nitrogens with one attached hydrogen (secondary N) is 1. The van der Waals surface area contributed by atoms with Crippen LogP contribution in [0.15, 0.2) is 61.2 Å². The maximum Gasteiger partial charge on any atom is 0.255 e. The minimum absolute atomic E-state index is 0.162. The largest absolute Gasteiger partial charge is 0.490 e. The second-order valence-corrected chi connectivity index (χ2v) is 4.71. The fourth-order valence-corrected chi connectivity index (χ4v) is 1.97. The zero-order valence-corrected chi connectivity index (χ0v) is 12.5. The first-order valence-corrected chi connectivity index (χ1v) is 6.96. The zero-order valence-electron chi connectivity index (χ0n) is 12.5. The third-order valence-corrected chi connectivity index (χ3v) is 2.98. The first kappa shape index (κ1) is 15.8. The predicted molar refractivity (Wildman–Crippen MR) is 87.2 cm³/mol. The standard InChI is InChI=1S/C18H19NO3/c1-3-11-22-17-9-7-15(8-10-17)18(20)19-16-6-4-5-14(12-16)13-21-2/h3-10,12H,1,11,13H2,2H3,(H,19,20). The van der Waals surface area contributed by atoms with E-state index in [0.717, 1.165) is 11.3 Å². The summed E-state index contributed by atoms with van der Waals surface area (Å²) in [7, 11) is 1.64. The summed E-state index contributed by atoms with van der Waals surface area (Å²) in [5.41, 5.74) is 2.32. The van der Waals surface area contributed by atoms with Crippen LogP contribution in [0.5, 0.6) is 5.75 Å². The highest BCUT2D eigenvalue weighted by Gasteiger charge is 2.06. The molecule has 0 spiro atoms. The van der Waals surface area contributed by atoms with Gasteiger partial charge in [0.2, 0.25) is 0 Å². The van der Waals surface area contributed by atoms with E-state index in [4.69, 9.17) is 9.47 Å². The number of carbonyl (C=O) groups is 1. The van der Waals surface area contributed by atoms with Gasteiger partial charge in [-0.3, -0.25) is 4.79 Å². The molecular weight excluding hydrogens is 278 g/mol. The van der Waals surface area contributed by atoms with E-state index >= 15 is 0 Å². The van der Waals surface area contributed by atoms with Crippen molar-refractivity contribution in [3.05, 3.63) is 72.3 Å². The quantitative estimate of drug-likeness (QED) is 0.794. The molecule has 4 nitrogen and oxygen atoms in total. The summed E-state index contributed by atoms with van der Waals surface area (Å²) in [4.78, 5) is 12.2. The molecule has 0 saturated carbocycles. The van der Waals surface area contributed by atoms with Crippen molar-refractivity contribution >= 4 is 11.6 Å². The Morgan fingerprint density at radius 2 is 2.00 bits per heavy atom. The average molecular weight is 297 g/mol. The van der Waals surface area contributed by atoms with Gasteiger partial charge in [-0.25, -0.2) is 0 Å². The summed E-state index contributed by atoms with van der Waals surface area (Å²) in [6.45, 7) is 4.55. The number of methoxy groups -OCH3 is 1. The van der Waals surface area contributed by atoms with Crippen molar-refractivity contribution in [1.29, 1.82) is 0 Å². The van der Waals surface area contributed by atoms with E-state index in [1.54, 1.807) is 37.5 Å². The Morgan fingerprint density at radius 1 is 1.23 bits per heavy atom. The molecule has 0 radical (unpaired) electrons. The van der Waals surface area contributed by atoms with Gasteiger partial charge in [-0.1, -0.05) is 24.8 Å². The van der Waals surface area contributed by atoms with E-state index in [0.29, 0.717) is 24.5 Å². The Hall–Kier alpha value is -2.59. The maximum atomic E-state index is 12.2. The van der Waals surface area contributed by atoms with Gasteiger partial charge in [0.1, 0.15) is 12.4 Å². The number of hydrogen-bond donors (Lipinski definition) is 1. The molecule has 0 aromatic heterocycles. The van der Waals surface area contributed by atoms with Gasteiger partial charge < -0.3 is 14.8 Å². The molecule has 0 heterocycles. The molecule has 0 bridgehead atoms. The summed E-state index contributed by atoms with van der Waals surface area (Å²) in [5, 5.41) is 2.87. The minimum atomic E-state index is -0.162. The van der Waals surface area contributed by atoms with Gasteiger partial charge in [-0.05, 0) is 42.0 Å². The Bertz CT molecular complexity index is 635. The van der Waals surface area contributed by atoms with Crippen LogP contribution in [0.3, 0.4) is 0 Å². The Morgan fingerprint density at radius 3 is 2.68 bits per heavy atom. The van der Waals surface area contributed by atoms with Gasteiger partial charge in [0.15, 0.2) is 0 Å². The maximum absolute atomic E-state index is 12.2. The van der Waals surface area contributed by atoms with E-state index < -0.39 is 0 Å². The van der Waals surface area contributed by atoms with Crippen molar-refractivity contribution in [1.82, 2.24) is 0 Å². The first-order chi connectivity index (χ1) is 10.7. The van der Waals surface area contributed by atoms with Crippen LogP contribution in [-0.2, 0) is 11.3 Å². The van der Waals surface area contributed by atoms with E-state index in [2.05, 4.69) is 11.9 Å². The lowest BCUT2D eigenvalue weighted by atomic mass is 10.1. The second-order valence-electron chi connectivity index (χ2n) is 4.71. The fraction of sp³-hybridized carbons (Fsp3) is 0.167. The molecule has 0 aliphatic rings. The van der Waals surface area contributed by atoms with Crippen LogP contribution >= 0.6 is 0 Å². The van der Waals surface area contributed by atoms with Crippen LogP contribution in [0, 0.1) is 0 Å². The number of anilines is 1. The molecule has 1 N–H and O–H groups in total. The van der Waals surface area contributed by atoms with Crippen LogP contribution in [0.1, 0.15) is 15.9 Å². The van der Waals surface area contributed by atoms with Crippen LogP contribution in [0.2, 0.25) is 0 Å². The molecule has 4 heteroatoms. The summed E-state index contributed by atoms with van der Waals surface area (Å²) in [6.07, 6.45) is 1.67. The summed E-state index contributed by atoms with van der Waals surface area (Å²) < 4.78 is 10.5. The van der Waals surface area contributed by atoms with Crippen LogP contribution in [0.25, 0.3) is 0 Å². The van der Waals surface area contributed by atoms with Crippen LogP contribution in [0.4, 0.5) is 5.69 Å². The van der Waals surface area contributed by atoms with E-state index in [-0.39, 0.29) is 5.91 Å². The van der Waals surface area contributed by atoms with Gasteiger partial charge in [-0.2, -0.15) is 0 Å². The normalized spacial score (nSPS) is 10.0. The fourth-order valence-electron chi connectivity index (χ4n) is 1.97. The lowest BCUT2D eigenvalue weighted by molar-refractivity contribution is 0.102. The molecule has 2 aromatic carbocycles. The summed E-state index contributed by atoms with van der Waals surface area (Å²) in [6, 6.07) is 14.6. The van der Waals surface area contributed by atoms with E-state index in [1.165, 1.54) is 0 Å². The third kappa shape index (κ3) is 4.46. The molecule has 0 atom stereocenters. The van der Waals surface area contributed by atoms with Gasteiger partial charge in [0, 0.05) is 18.4 Å². The molecule has 0 aliphatic heterocycles. The number of benzene rings is 2.